The van der Waals surface area contributed by atoms with E-state index < -0.39 is 5.82 Å². The van der Waals surface area contributed by atoms with E-state index in [1.807, 2.05) is 23.6 Å². The summed E-state index contributed by atoms with van der Waals surface area (Å²) in [5, 5.41) is 9.14. The topological polar surface area (TPSA) is 66.2 Å². The zero-order chi connectivity index (χ0) is 22.2. The molecule has 1 heterocycles. The van der Waals surface area contributed by atoms with E-state index in [4.69, 9.17) is 9.47 Å². The van der Waals surface area contributed by atoms with Crippen molar-refractivity contribution in [1.29, 1.82) is 0 Å². The Morgan fingerprint density at radius 2 is 2.00 bits per heavy atom. The molecule has 0 N–H and O–H groups in total. The van der Waals surface area contributed by atoms with E-state index in [-0.39, 0.29) is 18.1 Å². The van der Waals surface area contributed by atoms with E-state index in [0.29, 0.717) is 35.4 Å². The summed E-state index contributed by atoms with van der Waals surface area (Å²) in [4.78, 5) is 11.8. The van der Waals surface area contributed by atoms with E-state index in [2.05, 4.69) is 16.8 Å². The maximum absolute atomic E-state index is 13.8. The monoisotopic (exact) mass is 441 g/mol. The van der Waals surface area contributed by atoms with Crippen molar-refractivity contribution in [2.45, 2.75) is 37.9 Å². The SMILES string of the molecule is C=CCn1c(COc2ccccc2F)nnc1SCc1cc(C(C)=O)ccc1OCC. The van der Waals surface area contributed by atoms with Crippen LogP contribution in [0.4, 0.5) is 4.39 Å². The quantitative estimate of drug-likeness (QED) is 0.235. The van der Waals surface area contributed by atoms with Gasteiger partial charge in [-0.3, -0.25) is 9.36 Å². The Labute approximate surface area is 185 Å². The van der Waals surface area contributed by atoms with Crippen LogP contribution in [-0.4, -0.2) is 27.2 Å². The second-order valence-electron chi connectivity index (χ2n) is 6.62. The predicted molar refractivity (Wildman–Crippen MR) is 118 cm³/mol. The molecule has 0 aliphatic carbocycles. The molecular weight excluding hydrogens is 417 g/mol. The first-order valence-electron chi connectivity index (χ1n) is 9.83. The molecule has 6 nitrogen and oxygen atoms in total. The number of hydrogen-bond acceptors (Lipinski definition) is 6. The first-order valence-corrected chi connectivity index (χ1v) is 10.8. The molecule has 0 aliphatic rings. The van der Waals surface area contributed by atoms with Crippen LogP contribution in [0.2, 0.25) is 0 Å². The van der Waals surface area contributed by atoms with Crippen molar-refractivity contribution in [1.82, 2.24) is 14.8 Å². The van der Waals surface area contributed by atoms with E-state index in [0.717, 1.165) is 11.3 Å². The van der Waals surface area contributed by atoms with Gasteiger partial charge in [0.25, 0.3) is 0 Å². The van der Waals surface area contributed by atoms with Crippen LogP contribution in [0.3, 0.4) is 0 Å². The van der Waals surface area contributed by atoms with Crippen molar-refractivity contribution < 1.29 is 18.7 Å². The maximum Gasteiger partial charge on any atom is 0.191 e. The third-order valence-corrected chi connectivity index (χ3v) is 5.44. The summed E-state index contributed by atoms with van der Waals surface area (Å²) in [6.07, 6.45) is 1.74. The highest BCUT2D eigenvalue weighted by molar-refractivity contribution is 7.98. The molecule has 0 bridgehead atoms. The number of Topliss-reactive ketones (excluding diaryl/α,β-unsaturated/α-hetero) is 1. The molecule has 3 rings (SSSR count). The number of carbonyl (C=O) groups excluding carboxylic acids is 1. The van der Waals surface area contributed by atoms with E-state index >= 15 is 0 Å². The van der Waals surface area contributed by atoms with Crippen molar-refractivity contribution in [3.8, 4) is 11.5 Å². The van der Waals surface area contributed by atoms with Crippen LogP contribution in [0.1, 0.15) is 35.6 Å². The lowest BCUT2D eigenvalue weighted by Crippen LogP contribution is -2.08. The second-order valence-corrected chi connectivity index (χ2v) is 7.56. The Bertz CT molecular complexity index is 1070. The average molecular weight is 442 g/mol. The number of para-hydroxylation sites is 1. The van der Waals surface area contributed by atoms with Gasteiger partial charge in [0, 0.05) is 23.4 Å². The normalized spacial score (nSPS) is 10.7. The van der Waals surface area contributed by atoms with Crippen LogP contribution >= 0.6 is 11.8 Å². The number of halogens is 1. The Morgan fingerprint density at radius 1 is 1.19 bits per heavy atom. The van der Waals surface area contributed by atoms with Crippen molar-refractivity contribution in [3.05, 3.63) is 77.9 Å². The minimum absolute atomic E-state index is 0.00305. The van der Waals surface area contributed by atoms with Gasteiger partial charge in [-0.2, -0.15) is 0 Å². The summed E-state index contributed by atoms with van der Waals surface area (Å²) in [6.45, 7) is 8.33. The molecule has 0 radical (unpaired) electrons. The van der Waals surface area contributed by atoms with Crippen molar-refractivity contribution in [2.24, 2.45) is 0 Å². The van der Waals surface area contributed by atoms with Gasteiger partial charge < -0.3 is 9.47 Å². The summed E-state index contributed by atoms with van der Waals surface area (Å²) in [5.74, 6) is 1.57. The number of benzene rings is 2. The van der Waals surface area contributed by atoms with Crippen LogP contribution < -0.4 is 9.47 Å². The Kier molecular flexibility index (Phi) is 7.83. The average Bonchev–Trinajstić information content (AvgIpc) is 3.14. The van der Waals surface area contributed by atoms with Gasteiger partial charge in [0.05, 0.1) is 6.61 Å². The smallest absolute Gasteiger partial charge is 0.191 e. The lowest BCUT2D eigenvalue weighted by atomic mass is 10.1. The summed E-state index contributed by atoms with van der Waals surface area (Å²) in [7, 11) is 0. The molecule has 1 aromatic heterocycles. The molecule has 0 atom stereocenters. The van der Waals surface area contributed by atoms with Gasteiger partial charge in [0.15, 0.2) is 28.3 Å². The molecule has 31 heavy (non-hydrogen) atoms. The number of carbonyl (C=O) groups is 1. The van der Waals surface area contributed by atoms with Crippen LogP contribution in [0.5, 0.6) is 11.5 Å². The van der Waals surface area contributed by atoms with Gasteiger partial charge in [-0.15, -0.1) is 16.8 Å². The summed E-state index contributed by atoms with van der Waals surface area (Å²) in [6, 6.07) is 11.6. The first kappa shape index (κ1) is 22.6. The minimum Gasteiger partial charge on any atom is -0.494 e. The second kappa shape index (κ2) is 10.8. The van der Waals surface area contributed by atoms with E-state index in [1.165, 1.54) is 24.8 Å². The number of allylic oxidation sites excluding steroid dienone is 1. The third kappa shape index (κ3) is 5.73. The third-order valence-electron chi connectivity index (χ3n) is 4.42. The number of nitrogens with zero attached hydrogens (tertiary/aromatic N) is 3. The van der Waals surface area contributed by atoms with E-state index in [1.54, 1.807) is 30.3 Å². The summed E-state index contributed by atoms with van der Waals surface area (Å²) in [5.41, 5.74) is 1.53. The molecule has 0 aliphatic heterocycles. The van der Waals surface area contributed by atoms with Gasteiger partial charge in [0.1, 0.15) is 12.4 Å². The fourth-order valence-corrected chi connectivity index (χ4v) is 3.84. The molecule has 0 unspecified atom stereocenters. The number of aromatic nitrogens is 3. The molecule has 3 aromatic rings. The fraction of sp³-hybridized carbons (Fsp3) is 0.261. The molecule has 0 spiro atoms. The number of rotatable bonds is 11. The zero-order valence-electron chi connectivity index (χ0n) is 17.5. The van der Waals surface area contributed by atoms with Crippen LogP contribution in [-0.2, 0) is 18.9 Å². The van der Waals surface area contributed by atoms with Gasteiger partial charge in [-0.05, 0) is 44.2 Å². The van der Waals surface area contributed by atoms with Gasteiger partial charge in [-0.1, -0.05) is 30.0 Å². The van der Waals surface area contributed by atoms with Crippen LogP contribution in [0.25, 0.3) is 0 Å². The Morgan fingerprint density at radius 3 is 2.71 bits per heavy atom. The molecule has 0 saturated carbocycles. The highest BCUT2D eigenvalue weighted by Crippen LogP contribution is 2.29. The lowest BCUT2D eigenvalue weighted by molar-refractivity contribution is 0.101. The molecule has 0 saturated heterocycles. The molecule has 2 aromatic carbocycles. The fourth-order valence-electron chi connectivity index (χ4n) is 2.90. The Hall–Kier alpha value is -3.13. The number of ether oxygens (including phenoxy) is 2. The lowest BCUT2D eigenvalue weighted by Gasteiger charge is -2.12. The molecule has 8 heteroatoms. The predicted octanol–water partition coefficient (Wildman–Crippen LogP) is 5.08. The summed E-state index contributed by atoms with van der Waals surface area (Å²) < 4.78 is 27.0. The zero-order valence-corrected chi connectivity index (χ0v) is 18.3. The van der Waals surface area contributed by atoms with Crippen molar-refractivity contribution in [2.75, 3.05) is 6.61 Å². The number of hydrogen-bond donors (Lipinski definition) is 0. The van der Waals surface area contributed by atoms with Crippen molar-refractivity contribution in [3.63, 3.8) is 0 Å². The van der Waals surface area contributed by atoms with E-state index in [9.17, 15) is 9.18 Å². The molecule has 0 amide bonds. The van der Waals surface area contributed by atoms with Crippen molar-refractivity contribution >= 4 is 17.5 Å². The molecular formula is C23H24FN3O3S. The van der Waals surface area contributed by atoms with Gasteiger partial charge >= 0.3 is 0 Å². The summed E-state index contributed by atoms with van der Waals surface area (Å²) >= 11 is 1.47. The maximum atomic E-state index is 13.8. The molecule has 0 fully saturated rings. The van der Waals surface area contributed by atoms with Crippen LogP contribution in [0, 0.1) is 5.82 Å². The van der Waals surface area contributed by atoms with Crippen LogP contribution in [0.15, 0.2) is 60.3 Å². The number of ketones is 1. The first-order chi connectivity index (χ1) is 15.0. The number of thioether (sulfide) groups is 1. The highest BCUT2D eigenvalue weighted by Gasteiger charge is 2.15. The molecule has 162 valence electrons. The minimum atomic E-state index is -0.430. The largest absolute Gasteiger partial charge is 0.494 e. The Balaban J connectivity index is 1.77. The standard InChI is InChI=1S/C23H24FN3O3S/c1-4-12-27-22(14-30-21-9-7-6-8-19(21)24)25-26-23(27)31-15-18-13-17(16(3)28)10-11-20(18)29-5-2/h4,6-11,13H,1,5,12,14-15H2,2-3H3. The highest BCUT2D eigenvalue weighted by atomic mass is 32.2. The van der Waals surface area contributed by atoms with Gasteiger partial charge in [0.2, 0.25) is 0 Å². The van der Waals surface area contributed by atoms with Gasteiger partial charge in [-0.25, -0.2) is 4.39 Å².